The zero-order valence-electron chi connectivity index (χ0n) is 3.79. The Morgan fingerprint density at radius 2 is 1.86 bits per heavy atom. The average Bonchev–Trinajstić information content (AvgIpc) is 2.22. The van der Waals surface area contributed by atoms with Crippen molar-refractivity contribution in [3.63, 3.8) is 0 Å². The molecule has 0 atom stereocenters. The van der Waals surface area contributed by atoms with Crippen LogP contribution in [0.2, 0.25) is 0 Å². The van der Waals surface area contributed by atoms with Crippen molar-refractivity contribution in [1.82, 2.24) is 0 Å². The molecule has 0 amide bonds. The van der Waals surface area contributed by atoms with Crippen LogP contribution in [-0.4, -0.2) is 25.8 Å². The van der Waals surface area contributed by atoms with Gasteiger partial charge in [0.1, 0.15) is 6.10 Å². The maximum Gasteiger partial charge on any atom is 0.272 e. The molecule has 40 valence electrons. The van der Waals surface area contributed by atoms with Crippen LogP contribution in [0.1, 0.15) is 0 Å². The van der Waals surface area contributed by atoms with Gasteiger partial charge in [-0.15, -0.1) is 0 Å². The quantitative estimate of drug-likeness (QED) is 0.421. The normalized spacial score (nSPS) is 48.0. The molecule has 2 aliphatic rings. The third-order valence-electron chi connectivity index (χ3n) is 1.14. The van der Waals surface area contributed by atoms with Gasteiger partial charge in [0.05, 0.1) is 13.2 Å². The lowest BCUT2D eigenvalue weighted by Gasteiger charge is -2.04. The maximum absolute atomic E-state index is 5.03. The Bertz CT molecular complexity index is 65.0. The van der Waals surface area contributed by atoms with Crippen LogP contribution in [0.15, 0.2) is 0 Å². The van der Waals surface area contributed by atoms with E-state index in [1.165, 1.54) is 0 Å². The van der Waals surface area contributed by atoms with E-state index in [0.29, 0.717) is 13.2 Å². The van der Waals surface area contributed by atoms with Crippen LogP contribution in [0.3, 0.4) is 0 Å². The first-order chi connectivity index (χ1) is 3.45. The summed E-state index contributed by atoms with van der Waals surface area (Å²) in [6.07, 6.45) is 0.227. The molecule has 2 rings (SSSR count). The molecule has 0 spiro atoms. The minimum absolute atomic E-state index is 0.227. The van der Waals surface area contributed by atoms with E-state index in [2.05, 4.69) is 0 Å². The van der Waals surface area contributed by atoms with Gasteiger partial charge in [-0.2, -0.15) is 0 Å². The SMILES string of the molecule is C1OC2OCC1O2. The fraction of sp³-hybridized carbons (Fsp3) is 1.00. The molecule has 2 heterocycles. The van der Waals surface area contributed by atoms with Gasteiger partial charge >= 0.3 is 0 Å². The second-order valence-electron chi connectivity index (χ2n) is 1.71. The van der Waals surface area contributed by atoms with E-state index < -0.39 is 0 Å². The zero-order chi connectivity index (χ0) is 4.69. The predicted molar refractivity (Wildman–Crippen MR) is 20.6 cm³/mol. The van der Waals surface area contributed by atoms with Crippen molar-refractivity contribution in [2.24, 2.45) is 0 Å². The van der Waals surface area contributed by atoms with Crippen molar-refractivity contribution in [2.75, 3.05) is 13.2 Å². The summed E-state index contributed by atoms with van der Waals surface area (Å²) in [5.41, 5.74) is 0. The minimum Gasteiger partial charge on any atom is -0.327 e. The molecule has 3 nitrogen and oxygen atoms in total. The second kappa shape index (κ2) is 1.18. The van der Waals surface area contributed by atoms with E-state index in [4.69, 9.17) is 14.2 Å². The molecule has 0 aromatic rings. The first-order valence-corrected chi connectivity index (χ1v) is 2.34. The average molecular weight is 102 g/mol. The molecule has 2 fully saturated rings. The van der Waals surface area contributed by atoms with Crippen molar-refractivity contribution in [3.8, 4) is 0 Å². The van der Waals surface area contributed by atoms with Gasteiger partial charge < -0.3 is 14.2 Å². The largest absolute Gasteiger partial charge is 0.327 e. The standard InChI is InChI=1S/C4H6O3/c1-3-2-6-4(5-1)7-3/h3-4H,1-2H2. The fourth-order valence-corrected chi connectivity index (χ4v) is 0.782. The van der Waals surface area contributed by atoms with E-state index in [0.717, 1.165) is 0 Å². The van der Waals surface area contributed by atoms with Crippen LogP contribution < -0.4 is 0 Å². The smallest absolute Gasteiger partial charge is 0.272 e. The van der Waals surface area contributed by atoms with Gasteiger partial charge in [0.25, 0.3) is 6.48 Å². The maximum atomic E-state index is 5.03. The van der Waals surface area contributed by atoms with E-state index in [1.807, 2.05) is 0 Å². The van der Waals surface area contributed by atoms with E-state index in [1.54, 1.807) is 0 Å². The molecule has 0 aromatic carbocycles. The van der Waals surface area contributed by atoms with Crippen LogP contribution in [0.5, 0.6) is 0 Å². The monoisotopic (exact) mass is 102 g/mol. The van der Waals surface area contributed by atoms with Crippen LogP contribution in [0.4, 0.5) is 0 Å². The van der Waals surface area contributed by atoms with Gasteiger partial charge in [0, 0.05) is 0 Å². The summed E-state index contributed by atoms with van der Waals surface area (Å²) in [6.45, 7) is 1.10. The summed E-state index contributed by atoms with van der Waals surface area (Å²) >= 11 is 0. The lowest BCUT2D eigenvalue weighted by Crippen LogP contribution is -2.16. The molecule has 2 aliphatic heterocycles. The summed E-state index contributed by atoms with van der Waals surface area (Å²) in [7, 11) is 0. The molecular formula is C4H6O3. The molecule has 0 aromatic heterocycles. The Morgan fingerprint density at radius 1 is 1.14 bits per heavy atom. The number of ether oxygens (including phenoxy) is 3. The molecule has 0 unspecified atom stereocenters. The van der Waals surface area contributed by atoms with Gasteiger partial charge in [-0.25, -0.2) is 0 Å². The van der Waals surface area contributed by atoms with E-state index >= 15 is 0 Å². The first-order valence-electron chi connectivity index (χ1n) is 2.34. The van der Waals surface area contributed by atoms with Crippen molar-refractivity contribution < 1.29 is 14.2 Å². The Hall–Kier alpha value is -0.120. The summed E-state index contributed by atoms with van der Waals surface area (Å²) in [4.78, 5) is 0. The van der Waals surface area contributed by atoms with Crippen molar-refractivity contribution in [2.45, 2.75) is 12.6 Å². The Labute approximate surface area is 41.2 Å². The Morgan fingerprint density at radius 3 is 2.00 bits per heavy atom. The van der Waals surface area contributed by atoms with Crippen LogP contribution >= 0.6 is 0 Å². The van der Waals surface area contributed by atoms with Crippen LogP contribution in [0, 0.1) is 0 Å². The lowest BCUT2D eigenvalue weighted by atomic mass is 10.4. The molecule has 0 N–H and O–H groups in total. The second-order valence-corrected chi connectivity index (χ2v) is 1.71. The molecule has 3 heteroatoms. The fourth-order valence-electron chi connectivity index (χ4n) is 0.782. The number of rotatable bonds is 0. The summed E-state index contributed by atoms with van der Waals surface area (Å²) in [5, 5.41) is 0. The van der Waals surface area contributed by atoms with Gasteiger partial charge in [-0.05, 0) is 0 Å². The molecule has 0 aliphatic carbocycles. The third kappa shape index (κ3) is 0.459. The highest BCUT2D eigenvalue weighted by atomic mass is 16.9. The van der Waals surface area contributed by atoms with Crippen LogP contribution in [0.25, 0.3) is 0 Å². The number of hydrogen-bond acceptors (Lipinski definition) is 3. The Balaban J connectivity index is 2.12. The highest BCUT2D eigenvalue weighted by molar-refractivity contribution is 4.65. The lowest BCUT2D eigenvalue weighted by molar-refractivity contribution is -0.190. The van der Waals surface area contributed by atoms with E-state index in [-0.39, 0.29) is 12.6 Å². The van der Waals surface area contributed by atoms with Crippen LogP contribution in [-0.2, 0) is 14.2 Å². The highest BCUT2D eigenvalue weighted by Gasteiger charge is 2.33. The molecule has 2 saturated heterocycles. The summed E-state index contributed by atoms with van der Waals surface area (Å²) in [5.74, 6) is 0. The van der Waals surface area contributed by atoms with E-state index in [9.17, 15) is 0 Å². The molecule has 2 bridgehead atoms. The minimum atomic E-state index is -0.329. The molecule has 7 heavy (non-hydrogen) atoms. The van der Waals surface area contributed by atoms with Crippen molar-refractivity contribution in [3.05, 3.63) is 0 Å². The number of hydrogen-bond donors (Lipinski definition) is 0. The molecule has 0 radical (unpaired) electrons. The summed E-state index contributed by atoms with van der Waals surface area (Å²) < 4.78 is 14.8. The van der Waals surface area contributed by atoms with Crippen molar-refractivity contribution >= 4 is 0 Å². The van der Waals surface area contributed by atoms with Crippen molar-refractivity contribution in [1.29, 1.82) is 0 Å². The topological polar surface area (TPSA) is 27.7 Å². The Kier molecular flexibility index (Phi) is 0.647. The third-order valence-corrected chi connectivity index (χ3v) is 1.14. The van der Waals surface area contributed by atoms with Gasteiger partial charge in [-0.3, -0.25) is 0 Å². The molecule has 0 saturated carbocycles. The van der Waals surface area contributed by atoms with Gasteiger partial charge in [0.2, 0.25) is 0 Å². The first kappa shape index (κ1) is 3.83. The molecular weight excluding hydrogens is 96.0 g/mol. The van der Waals surface area contributed by atoms with Gasteiger partial charge in [0.15, 0.2) is 0 Å². The zero-order valence-corrected chi connectivity index (χ0v) is 3.79. The summed E-state index contributed by atoms with van der Waals surface area (Å²) in [6, 6.07) is 0. The predicted octanol–water partition coefficient (Wildman–Crippen LogP) is -0.284. The highest BCUT2D eigenvalue weighted by Crippen LogP contribution is 2.19. The number of fused-ring (bicyclic) bond motifs is 2. The van der Waals surface area contributed by atoms with Gasteiger partial charge in [-0.1, -0.05) is 0 Å².